The Morgan fingerprint density at radius 1 is 1.25 bits per heavy atom. The van der Waals surface area contributed by atoms with Crippen molar-refractivity contribution in [3.8, 4) is 5.75 Å². The predicted octanol–water partition coefficient (Wildman–Crippen LogP) is 1.90. The van der Waals surface area contributed by atoms with Crippen molar-refractivity contribution in [2.24, 2.45) is 0 Å². The Balaban J connectivity index is 2.36. The van der Waals surface area contributed by atoms with E-state index in [0.29, 0.717) is 6.61 Å². The molecule has 0 aliphatic carbocycles. The standard InChI is InChI=1S/C13H21NO2/c1-3-14(4-2)8-9-16-13-7-5-6-12(10-13)11-15/h5-7,10,15H,3-4,8-9,11H2,1-2H3. The van der Waals surface area contributed by atoms with E-state index in [1.807, 2.05) is 24.3 Å². The number of nitrogens with zero attached hydrogens (tertiary/aromatic N) is 1. The van der Waals surface area contributed by atoms with Gasteiger partial charge in [-0.2, -0.15) is 0 Å². The smallest absolute Gasteiger partial charge is 0.119 e. The third kappa shape index (κ3) is 4.21. The van der Waals surface area contributed by atoms with Crippen LogP contribution >= 0.6 is 0 Å². The van der Waals surface area contributed by atoms with Crippen molar-refractivity contribution in [1.29, 1.82) is 0 Å². The molecule has 0 aliphatic heterocycles. The zero-order valence-electron chi connectivity index (χ0n) is 10.1. The number of hydrogen-bond donors (Lipinski definition) is 1. The molecular formula is C13H21NO2. The van der Waals surface area contributed by atoms with Gasteiger partial charge in [0.15, 0.2) is 0 Å². The monoisotopic (exact) mass is 223 g/mol. The number of likely N-dealkylation sites (N-methyl/N-ethyl adjacent to an activating group) is 1. The van der Waals surface area contributed by atoms with Gasteiger partial charge in [-0.05, 0) is 30.8 Å². The highest BCUT2D eigenvalue weighted by Gasteiger charge is 2.00. The van der Waals surface area contributed by atoms with Crippen molar-refractivity contribution in [2.75, 3.05) is 26.2 Å². The van der Waals surface area contributed by atoms with Crippen LogP contribution in [0, 0.1) is 0 Å². The zero-order chi connectivity index (χ0) is 11.8. The van der Waals surface area contributed by atoms with Gasteiger partial charge in [-0.25, -0.2) is 0 Å². The van der Waals surface area contributed by atoms with Crippen molar-refractivity contribution in [2.45, 2.75) is 20.5 Å². The van der Waals surface area contributed by atoms with Crippen molar-refractivity contribution in [1.82, 2.24) is 4.90 Å². The Kier molecular flexibility index (Phi) is 5.90. The van der Waals surface area contributed by atoms with Gasteiger partial charge in [0.2, 0.25) is 0 Å². The highest BCUT2D eigenvalue weighted by atomic mass is 16.5. The van der Waals surface area contributed by atoms with E-state index < -0.39 is 0 Å². The number of rotatable bonds is 7. The Labute approximate surface area is 97.7 Å². The number of benzene rings is 1. The summed E-state index contributed by atoms with van der Waals surface area (Å²) in [5.41, 5.74) is 0.889. The summed E-state index contributed by atoms with van der Waals surface area (Å²) >= 11 is 0. The normalized spacial score (nSPS) is 10.8. The summed E-state index contributed by atoms with van der Waals surface area (Å²) in [5.74, 6) is 0.832. The van der Waals surface area contributed by atoms with Crippen LogP contribution in [0.3, 0.4) is 0 Å². The molecule has 3 heteroatoms. The third-order valence-electron chi connectivity index (χ3n) is 2.65. The van der Waals surface area contributed by atoms with Gasteiger partial charge in [-0.3, -0.25) is 0 Å². The van der Waals surface area contributed by atoms with Crippen molar-refractivity contribution < 1.29 is 9.84 Å². The van der Waals surface area contributed by atoms with E-state index in [0.717, 1.165) is 30.9 Å². The van der Waals surface area contributed by atoms with E-state index >= 15 is 0 Å². The lowest BCUT2D eigenvalue weighted by molar-refractivity contribution is 0.222. The van der Waals surface area contributed by atoms with Gasteiger partial charge >= 0.3 is 0 Å². The van der Waals surface area contributed by atoms with Crippen LogP contribution in [0.15, 0.2) is 24.3 Å². The molecular weight excluding hydrogens is 202 g/mol. The van der Waals surface area contributed by atoms with Crippen LogP contribution in [0.4, 0.5) is 0 Å². The van der Waals surface area contributed by atoms with Crippen LogP contribution < -0.4 is 4.74 Å². The van der Waals surface area contributed by atoms with Crippen LogP contribution in [-0.4, -0.2) is 36.2 Å². The highest BCUT2D eigenvalue weighted by Crippen LogP contribution is 2.13. The molecule has 0 atom stereocenters. The van der Waals surface area contributed by atoms with Crippen LogP contribution in [0.25, 0.3) is 0 Å². The van der Waals surface area contributed by atoms with Crippen molar-refractivity contribution in [3.05, 3.63) is 29.8 Å². The average molecular weight is 223 g/mol. The van der Waals surface area contributed by atoms with Crippen LogP contribution in [0.1, 0.15) is 19.4 Å². The number of hydrogen-bond acceptors (Lipinski definition) is 3. The van der Waals surface area contributed by atoms with Crippen molar-refractivity contribution in [3.63, 3.8) is 0 Å². The quantitative estimate of drug-likeness (QED) is 0.766. The molecule has 90 valence electrons. The highest BCUT2D eigenvalue weighted by molar-refractivity contribution is 5.27. The van der Waals surface area contributed by atoms with Gasteiger partial charge in [0.1, 0.15) is 12.4 Å². The molecule has 1 rings (SSSR count). The molecule has 0 saturated carbocycles. The number of aliphatic hydroxyl groups is 1. The summed E-state index contributed by atoms with van der Waals surface area (Å²) in [7, 11) is 0. The van der Waals surface area contributed by atoms with E-state index in [2.05, 4.69) is 18.7 Å². The molecule has 0 fully saturated rings. The molecule has 16 heavy (non-hydrogen) atoms. The second kappa shape index (κ2) is 7.25. The molecule has 0 heterocycles. The van der Waals surface area contributed by atoms with Gasteiger partial charge in [0.25, 0.3) is 0 Å². The largest absolute Gasteiger partial charge is 0.492 e. The number of aliphatic hydroxyl groups excluding tert-OH is 1. The van der Waals surface area contributed by atoms with E-state index in [1.54, 1.807) is 0 Å². The molecule has 3 nitrogen and oxygen atoms in total. The Morgan fingerprint density at radius 3 is 2.62 bits per heavy atom. The second-order valence-electron chi connectivity index (χ2n) is 3.68. The van der Waals surface area contributed by atoms with Gasteiger partial charge in [0.05, 0.1) is 6.61 Å². The molecule has 1 N–H and O–H groups in total. The lowest BCUT2D eigenvalue weighted by Gasteiger charge is -2.18. The minimum absolute atomic E-state index is 0.0627. The van der Waals surface area contributed by atoms with E-state index in [-0.39, 0.29) is 6.61 Å². The predicted molar refractivity (Wildman–Crippen MR) is 65.6 cm³/mol. The van der Waals surface area contributed by atoms with E-state index in [9.17, 15) is 0 Å². The maximum atomic E-state index is 8.99. The first-order chi connectivity index (χ1) is 7.80. The summed E-state index contributed by atoms with van der Waals surface area (Å²) < 4.78 is 5.63. The van der Waals surface area contributed by atoms with Crippen LogP contribution in [-0.2, 0) is 6.61 Å². The molecule has 0 spiro atoms. The van der Waals surface area contributed by atoms with Gasteiger partial charge in [0, 0.05) is 6.54 Å². The maximum absolute atomic E-state index is 8.99. The SMILES string of the molecule is CCN(CC)CCOc1cccc(CO)c1. The topological polar surface area (TPSA) is 32.7 Å². The Hall–Kier alpha value is -1.06. The van der Waals surface area contributed by atoms with Crippen LogP contribution in [0.2, 0.25) is 0 Å². The minimum Gasteiger partial charge on any atom is -0.492 e. The molecule has 0 amide bonds. The summed E-state index contributed by atoms with van der Waals surface area (Å²) in [6, 6.07) is 7.58. The first kappa shape index (κ1) is 13.0. The second-order valence-corrected chi connectivity index (χ2v) is 3.68. The van der Waals surface area contributed by atoms with E-state index in [4.69, 9.17) is 9.84 Å². The van der Waals surface area contributed by atoms with Gasteiger partial charge in [-0.1, -0.05) is 26.0 Å². The fraction of sp³-hybridized carbons (Fsp3) is 0.538. The summed E-state index contributed by atoms with van der Waals surface area (Å²) in [6.07, 6.45) is 0. The first-order valence-electron chi connectivity index (χ1n) is 5.85. The lowest BCUT2D eigenvalue weighted by atomic mass is 10.2. The van der Waals surface area contributed by atoms with Crippen molar-refractivity contribution >= 4 is 0 Å². The Morgan fingerprint density at radius 2 is 2.00 bits per heavy atom. The fourth-order valence-corrected chi connectivity index (χ4v) is 1.57. The van der Waals surface area contributed by atoms with Crippen LogP contribution in [0.5, 0.6) is 5.75 Å². The fourth-order valence-electron chi connectivity index (χ4n) is 1.57. The first-order valence-corrected chi connectivity index (χ1v) is 5.85. The zero-order valence-corrected chi connectivity index (χ0v) is 10.1. The summed E-state index contributed by atoms with van der Waals surface area (Å²) in [4.78, 5) is 2.32. The molecule has 0 aromatic heterocycles. The molecule has 0 aliphatic rings. The average Bonchev–Trinajstić information content (AvgIpc) is 2.35. The van der Waals surface area contributed by atoms with Gasteiger partial charge in [-0.15, -0.1) is 0 Å². The van der Waals surface area contributed by atoms with E-state index in [1.165, 1.54) is 0 Å². The molecule has 0 bridgehead atoms. The molecule has 0 radical (unpaired) electrons. The molecule has 1 aromatic rings. The molecule has 1 aromatic carbocycles. The third-order valence-corrected chi connectivity index (χ3v) is 2.65. The summed E-state index contributed by atoms with van der Waals surface area (Å²) in [6.45, 7) is 8.10. The van der Waals surface area contributed by atoms with Gasteiger partial charge < -0.3 is 14.7 Å². The number of ether oxygens (including phenoxy) is 1. The summed E-state index contributed by atoms with van der Waals surface area (Å²) in [5, 5.41) is 8.99. The molecule has 0 unspecified atom stereocenters. The maximum Gasteiger partial charge on any atom is 0.119 e. The minimum atomic E-state index is 0.0627. The molecule has 0 saturated heterocycles. The Bertz CT molecular complexity index is 298. The lowest BCUT2D eigenvalue weighted by Crippen LogP contribution is -2.27.